The van der Waals surface area contributed by atoms with Gasteiger partial charge in [0.05, 0.1) is 13.2 Å². The molecule has 0 N–H and O–H groups in total. The second kappa shape index (κ2) is 9.47. The van der Waals surface area contributed by atoms with Crippen molar-refractivity contribution in [2.75, 3.05) is 26.3 Å². The number of hydrogen-bond acceptors (Lipinski definition) is 4. The van der Waals surface area contributed by atoms with Crippen LogP contribution in [0, 0.1) is 5.92 Å². The van der Waals surface area contributed by atoms with Crippen LogP contribution in [0.15, 0.2) is 60.9 Å². The maximum Gasteiger partial charge on any atom is 0.254 e. The summed E-state index contributed by atoms with van der Waals surface area (Å²) in [5.41, 5.74) is 3.44. The maximum absolute atomic E-state index is 13.8. The second-order valence-corrected chi connectivity index (χ2v) is 10.2. The number of pyridine rings is 1. The van der Waals surface area contributed by atoms with Crippen molar-refractivity contribution in [3.05, 3.63) is 77.6 Å². The molecule has 3 aliphatic rings. The number of rotatable bonds is 5. The molecule has 3 aromatic rings. The van der Waals surface area contributed by atoms with Crippen LogP contribution in [0.5, 0.6) is 0 Å². The third kappa shape index (κ3) is 4.23. The van der Waals surface area contributed by atoms with Crippen molar-refractivity contribution in [2.24, 2.45) is 5.92 Å². The minimum Gasteiger partial charge on any atom is -0.379 e. The van der Waals surface area contributed by atoms with Gasteiger partial charge >= 0.3 is 0 Å². The molecule has 3 aliphatic heterocycles. The first-order chi connectivity index (χ1) is 16.8. The predicted molar refractivity (Wildman–Crippen MR) is 134 cm³/mol. The van der Waals surface area contributed by atoms with E-state index in [4.69, 9.17) is 4.74 Å². The van der Waals surface area contributed by atoms with Gasteiger partial charge in [0, 0.05) is 55.1 Å². The molecule has 1 aromatic heterocycles. The van der Waals surface area contributed by atoms with Crippen molar-refractivity contribution in [3.8, 4) is 0 Å². The van der Waals surface area contributed by atoms with E-state index in [1.165, 1.54) is 16.3 Å². The summed E-state index contributed by atoms with van der Waals surface area (Å²) in [4.78, 5) is 22.8. The Hall–Kier alpha value is -2.76. The first-order valence-corrected chi connectivity index (χ1v) is 12.8. The van der Waals surface area contributed by atoms with Crippen molar-refractivity contribution in [1.29, 1.82) is 0 Å². The van der Waals surface area contributed by atoms with Gasteiger partial charge in [-0.15, -0.1) is 0 Å². The van der Waals surface area contributed by atoms with Crippen LogP contribution in [-0.4, -0.2) is 59.1 Å². The lowest BCUT2D eigenvalue weighted by Gasteiger charge is -2.39. The quantitative estimate of drug-likeness (QED) is 0.560. The van der Waals surface area contributed by atoms with E-state index in [0.717, 1.165) is 76.1 Å². The molecule has 2 aromatic carbocycles. The third-order valence-electron chi connectivity index (χ3n) is 8.09. The average molecular weight is 456 g/mol. The van der Waals surface area contributed by atoms with Crippen LogP contribution in [0.4, 0.5) is 0 Å². The number of benzene rings is 2. The Morgan fingerprint density at radius 3 is 2.53 bits per heavy atom. The molecular weight excluding hydrogens is 422 g/mol. The van der Waals surface area contributed by atoms with Gasteiger partial charge in [-0.05, 0) is 66.7 Å². The smallest absolute Gasteiger partial charge is 0.254 e. The van der Waals surface area contributed by atoms with Gasteiger partial charge in [0.25, 0.3) is 5.91 Å². The van der Waals surface area contributed by atoms with Gasteiger partial charge in [0.15, 0.2) is 0 Å². The van der Waals surface area contributed by atoms with Gasteiger partial charge in [0.2, 0.25) is 0 Å². The van der Waals surface area contributed by atoms with Gasteiger partial charge in [-0.25, -0.2) is 0 Å². The molecule has 0 aliphatic carbocycles. The fraction of sp³-hybridized carbons (Fsp3) is 0.448. The fourth-order valence-electron chi connectivity index (χ4n) is 6.46. The number of hydrogen-bond donors (Lipinski definition) is 0. The number of piperidine rings is 1. The number of carbonyl (C=O) groups excluding carboxylic acids is 1. The first kappa shape index (κ1) is 21.8. The Balaban J connectivity index is 1.18. The first-order valence-electron chi connectivity index (χ1n) is 12.8. The van der Waals surface area contributed by atoms with Crippen LogP contribution in [0.25, 0.3) is 10.8 Å². The highest BCUT2D eigenvalue weighted by atomic mass is 16.5. The van der Waals surface area contributed by atoms with E-state index in [1.807, 2.05) is 24.5 Å². The van der Waals surface area contributed by atoms with Crippen molar-refractivity contribution in [2.45, 2.75) is 50.7 Å². The number of amides is 1. The van der Waals surface area contributed by atoms with Crippen LogP contribution in [0.2, 0.25) is 0 Å². The summed E-state index contributed by atoms with van der Waals surface area (Å²) in [6, 6.07) is 17.6. The fourth-order valence-corrected chi connectivity index (χ4v) is 6.46. The normalized spacial score (nSPS) is 25.1. The van der Waals surface area contributed by atoms with Gasteiger partial charge in [-0.1, -0.05) is 36.4 Å². The Morgan fingerprint density at radius 1 is 0.941 bits per heavy atom. The van der Waals surface area contributed by atoms with Crippen molar-refractivity contribution in [3.63, 3.8) is 0 Å². The molecule has 3 saturated heterocycles. The van der Waals surface area contributed by atoms with E-state index in [1.54, 1.807) is 0 Å². The van der Waals surface area contributed by atoms with Crippen LogP contribution < -0.4 is 0 Å². The highest BCUT2D eigenvalue weighted by Gasteiger charge is 2.43. The molecule has 6 rings (SSSR count). The standard InChI is InChI=1S/C29H33N3O2/c33-29(27-7-2-1-4-24(27)20-31-12-14-34-15-13-31)32-25-8-9-26(32)18-21(17-25)16-23-6-3-5-22-10-11-30-19-28(22)23/h1-7,10-11,19,21,25-26H,8-9,12-18,20H2/t25-,26-/m0/s1. The van der Waals surface area contributed by atoms with Crippen molar-refractivity contribution >= 4 is 16.7 Å². The summed E-state index contributed by atoms with van der Waals surface area (Å²) in [7, 11) is 0. The minimum absolute atomic E-state index is 0.240. The summed E-state index contributed by atoms with van der Waals surface area (Å²) in [6.45, 7) is 4.25. The maximum atomic E-state index is 13.8. The molecular formula is C29H33N3O2. The third-order valence-corrected chi connectivity index (χ3v) is 8.09. The number of carbonyl (C=O) groups is 1. The zero-order chi connectivity index (χ0) is 22.9. The van der Waals surface area contributed by atoms with Gasteiger partial charge in [-0.3, -0.25) is 14.7 Å². The lowest BCUT2D eigenvalue weighted by molar-refractivity contribution is 0.0337. The Bertz CT molecular complexity index is 1150. The number of morpholine rings is 1. The van der Waals surface area contributed by atoms with E-state index in [9.17, 15) is 4.79 Å². The molecule has 1 amide bonds. The molecule has 5 nitrogen and oxygen atoms in total. The molecule has 0 radical (unpaired) electrons. The topological polar surface area (TPSA) is 45.7 Å². The molecule has 0 saturated carbocycles. The summed E-state index contributed by atoms with van der Waals surface area (Å²) >= 11 is 0. The molecule has 176 valence electrons. The number of nitrogens with zero attached hydrogens (tertiary/aromatic N) is 3. The lowest BCUT2D eigenvalue weighted by atomic mass is 9.84. The monoisotopic (exact) mass is 455 g/mol. The molecule has 34 heavy (non-hydrogen) atoms. The van der Waals surface area contributed by atoms with Gasteiger partial charge in [-0.2, -0.15) is 0 Å². The average Bonchev–Trinajstić information content (AvgIpc) is 3.15. The predicted octanol–water partition coefficient (Wildman–Crippen LogP) is 4.69. The minimum atomic E-state index is 0.240. The molecule has 2 atom stereocenters. The van der Waals surface area contributed by atoms with E-state index in [2.05, 4.69) is 51.2 Å². The number of ether oxygens (including phenoxy) is 1. The van der Waals surface area contributed by atoms with Crippen LogP contribution in [0.1, 0.15) is 47.2 Å². The molecule has 0 unspecified atom stereocenters. The Kier molecular flexibility index (Phi) is 6.06. The SMILES string of the molecule is O=C(c1ccccc1CN1CCOCC1)N1[C@H]2CC[C@H]1CC(Cc1cccc3ccncc13)C2. The van der Waals surface area contributed by atoms with Gasteiger partial charge in [0.1, 0.15) is 0 Å². The largest absolute Gasteiger partial charge is 0.379 e. The molecule has 5 heteroatoms. The highest BCUT2D eigenvalue weighted by molar-refractivity contribution is 5.96. The summed E-state index contributed by atoms with van der Waals surface area (Å²) < 4.78 is 5.50. The zero-order valence-electron chi connectivity index (χ0n) is 19.7. The molecule has 2 bridgehead atoms. The Morgan fingerprint density at radius 2 is 1.71 bits per heavy atom. The molecule has 3 fully saturated rings. The highest BCUT2D eigenvalue weighted by Crippen LogP contribution is 2.41. The summed E-state index contributed by atoms with van der Waals surface area (Å²) in [5.74, 6) is 0.861. The van der Waals surface area contributed by atoms with Crippen molar-refractivity contribution < 1.29 is 9.53 Å². The van der Waals surface area contributed by atoms with E-state index in [-0.39, 0.29) is 5.91 Å². The zero-order valence-corrected chi connectivity index (χ0v) is 19.7. The number of aromatic nitrogens is 1. The van der Waals surface area contributed by atoms with Crippen LogP contribution in [0.3, 0.4) is 0 Å². The van der Waals surface area contributed by atoms with Crippen molar-refractivity contribution in [1.82, 2.24) is 14.8 Å². The lowest BCUT2D eigenvalue weighted by Crippen LogP contribution is -2.47. The van der Waals surface area contributed by atoms with Crippen LogP contribution in [-0.2, 0) is 17.7 Å². The second-order valence-electron chi connectivity index (χ2n) is 10.2. The van der Waals surface area contributed by atoms with E-state index >= 15 is 0 Å². The summed E-state index contributed by atoms with van der Waals surface area (Å²) in [5, 5.41) is 2.54. The van der Waals surface area contributed by atoms with Gasteiger partial charge < -0.3 is 9.64 Å². The molecule has 4 heterocycles. The number of fused-ring (bicyclic) bond motifs is 3. The van der Waals surface area contributed by atoms with E-state index < -0.39 is 0 Å². The Labute approximate surface area is 201 Å². The summed E-state index contributed by atoms with van der Waals surface area (Å²) in [6.07, 6.45) is 9.42. The molecule has 0 spiro atoms. The van der Waals surface area contributed by atoms with Crippen LogP contribution >= 0.6 is 0 Å². The van der Waals surface area contributed by atoms with E-state index in [0.29, 0.717) is 18.0 Å².